The van der Waals surface area contributed by atoms with Crippen molar-refractivity contribution in [2.45, 2.75) is 103 Å². The molecule has 1 heterocycles. The summed E-state index contributed by atoms with van der Waals surface area (Å²) >= 11 is 0. The zero-order valence-electron chi connectivity index (χ0n) is 15.5. The highest BCUT2D eigenvalue weighted by atomic mass is 79.9. The lowest BCUT2D eigenvalue weighted by molar-refractivity contribution is -0.720. The van der Waals surface area contributed by atoms with Crippen LogP contribution >= 0.6 is 0 Å². The molecule has 1 aromatic heterocycles. The minimum absolute atomic E-state index is 0. The van der Waals surface area contributed by atoms with Gasteiger partial charge >= 0.3 is 0 Å². The van der Waals surface area contributed by atoms with Crippen molar-refractivity contribution in [3.63, 3.8) is 0 Å². The number of aromatic nitrogens is 1. The third kappa shape index (κ3) is 12.7. The van der Waals surface area contributed by atoms with Gasteiger partial charge in [-0.15, -0.1) is 0 Å². The molecule has 0 radical (unpaired) electrons. The number of unbranched alkanes of at least 4 members (excludes halogenated alkanes) is 11. The molecule has 0 bridgehead atoms. The van der Waals surface area contributed by atoms with Gasteiger partial charge < -0.3 is 17.0 Å². The van der Waals surface area contributed by atoms with Crippen molar-refractivity contribution >= 4 is 0 Å². The Morgan fingerprint density at radius 2 is 1.09 bits per heavy atom. The van der Waals surface area contributed by atoms with Crippen LogP contribution in [0.3, 0.4) is 0 Å². The molecule has 2 heteroatoms. The van der Waals surface area contributed by atoms with Gasteiger partial charge in [0.15, 0.2) is 18.4 Å². The SMILES string of the molecule is CCCCCCCCCCCCCCC(C)[n+]1ccccc1.[Br-]. The van der Waals surface area contributed by atoms with Gasteiger partial charge in [0.2, 0.25) is 0 Å². The topological polar surface area (TPSA) is 3.88 Å². The molecule has 0 aliphatic rings. The van der Waals surface area contributed by atoms with Crippen LogP contribution in [-0.4, -0.2) is 0 Å². The highest BCUT2D eigenvalue weighted by Gasteiger charge is 2.09. The Balaban J connectivity index is 0.00000484. The van der Waals surface area contributed by atoms with Gasteiger partial charge in [-0.05, 0) is 13.3 Å². The maximum atomic E-state index is 2.33. The van der Waals surface area contributed by atoms with Crippen LogP contribution in [0.4, 0.5) is 0 Å². The molecular formula is C21H38BrN. The van der Waals surface area contributed by atoms with Crippen LogP contribution in [-0.2, 0) is 0 Å². The van der Waals surface area contributed by atoms with Crippen molar-refractivity contribution in [3.8, 4) is 0 Å². The van der Waals surface area contributed by atoms with E-state index in [0.717, 1.165) is 0 Å². The van der Waals surface area contributed by atoms with Crippen LogP contribution in [0.1, 0.15) is 103 Å². The lowest BCUT2D eigenvalue weighted by atomic mass is 10.0. The first-order chi connectivity index (χ1) is 10.8. The number of hydrogen-bond acceptors (Lipinski definition) is 0. The largest absolute Gasteiger partial charge is 1.00 e. The van der Waals surface area contributed by atoms with Gasteiger partial charge in [-0.2, -0.15) is 0 Å². The van der Waals surface area contributed by atoms with Gasteiger partial charge in [0.1, 0.15) is 0 Å². The summed E-state index contributed by atoms with van der Waals surface area (Å²) in [6.45, 7) is 4.62. The predicted molar refractivity (Wildman–Crippen MR) is 97.0 cm³/mol. The fourth-order valence-electron chi connectivity index (χ4n) is 3.14. The van der Waals surface area contributed by atoms with E-state index in [1.807, 2.05) is 0 Å². The predicted octanol–water partition coefficient (Wildman–Crippen LogP) is 3.63. The summed E-state index contributed by atoms with van der Waals surface area (Å²) in [5.74, 6) is 0. The van der Waals surface area contributed by atoms with E-state index in [4.69, 9.17) is 0 Å². The Kier molecular flexibility index (Phi) is 16.2. The first kappa shape index (κ1) is 22.6. The van der Waals surface area contributed by atoms with E-state index in [1.165, 1.54) is 83.5 Å². The number of pyridine rings is 1. The molecule has 0 aliphatic heterocycles. The van der Waals surface area contributed by atoms with Crippen LogP contribution < -0.4 is 21.5 Å². The van der Waals surface area contributed by atoms with Gasteiger partial charge in [0.05, 0.1) is 0 Å². The summed E-state index contributed by atoms with van der Waals surface area (Å²) in [6.07, 6.45) is 22.9. The molecule has 0 saturated carbocycles. The standard InChI is InChI=1S/C21H38N.BrH/c1-3-4-5-6-7-8-9-10-11-12-13-15-18-21(2)22-19-16-14-17-20-22;/h14,16-17,19-21H,3-13,15,18H2,1-2H3;1H/q+1;/p-1. The molecule has 1 atom stereocenters. The molecule has 0 aliphatic carbocycles. The lowest BCUT2D eigenvalue weighted by Crippen LogP contribution is -3.00. The smallest absolute Gasteiger partial charge is 0.169 e. The Morgan fingerprint density at radius 1 is 0.652 bits per heavy atom. The van der Waals surface area contributed by atoms with Gasteiger partial charge in [0, 0.05) is 18.6 Å². The number of halogens is 1. The van der Waals surface area contributed by atoms with Gasteiger partial charge in [-0.25, -0.2) is 4.57 Å². The van der Waals surface area contributed by atoms with E-state index in [1.54, 1.807) is 0 Å². The molecule has 0 N–H and O–H groups in total. The van der Waals surface area contributed by atoms with Gasteiger partial charge in [-0.3, -0.25) is 0 Å². The maximum Gasteiger partial charge on any atom is 0.169 e. The van der Waals surface area contributed by atoms with Gasteiger partial charge in [-0.1, -0.05) is 83.6 Å². The monoisotopic (exact) mass is 383 g/mol. The zero-order valence-corrected chi connectivity index (χ0v) is 17.1. The number of nitrogens with zero attached hydrogens (tertiary/aromatic N) is 1. The molecule has 134 valence electrons. The van der Waals surface area contributed by atoms with E-state index < -0.39 is 0 Å². The molecule has 1 nitrogen and oxygen atoms in total. The first-order valence-corrected chi connectivity index (χ1v) is 9.80. The van der Waals surface area contributed by atoms with Crippen LogP contribution in [0.15, 0.2) is 30.6 Å². The third-order valence-electron chi connectivity index (χ3n) is 4.72. The molecule has 0 spiro atoms. The van der Waals surface area contributed by atoms with Crippen molar-refractivity contribution in [3.05, 3.63) is 30.6 Å². The molecule has 23 heavy (non-hydrogen) atoms. The van der Waals surface area contributed by atoms with Crippen LogP contribution in [0.5, 0.6) is 0 Å². The van der Waals surface area contributed by atoms with Crippen LogP contribution in [0, 0.1) is 0 Å². The van der Waals surface area contributed by atoms with E-state index in [2.05, 4.69) is 49.0 Å². The summed E-state index contributed by atoms with van der Waals surface area (Å²) in [5, 5.41) is 0. The Bertz CT molecular complexity index is 339. The molecule has 1 aromatic rings. The molecule has 0 amide bonds. The van der Waals surface area contributed by atoms with E-state index in [9.17, 15) is 0 Å². The average molecular weight is 384 g/mol. The Labute approximate surface area is 155 Å². The molecular weight excluding hydrogens is 346 g/mol. The quantitative estimate of drug-likeness (QED) is 0.341. The molecule has 1 unspecified atom stereocenters. The minimum atomic E-state index is 0. The number of hydrogen-bond donors (Lipinski definition) is 0. The Morgan fingerprint density at radius 3 is 1.57 bits per heavy atom. The minimum Gasteiger partial charge on any atom is -1.00 e. The van der Waals surface area contributed by atoms with E-state index in [-0.39, 0.29) is 17.0 Å². The molecule has 0 aromatic carbocycles. The first-order valence-electron chi connectivity index (χ1n) is 9.80. The Hall–Kier alpha value is -0.370. The summed E-state index contributed by atoms with van der Waals surface area (Å²) in [5.41, 5.74) is 0. The van der Waals surface area contributed by atoms with Crippen molar-refractivity contribution in [2.24, 2.45) is 0 Å². The third-order valence-corrected chi connectivity index (χ3v) is 4.72. The van der Waals surface area contributed by atoms with Crippen molar-refractivity contribution in [1.29, 1.82) is 0 Å². The van der Waals surface area contributed by atoms with Gasteiger partial charge in [0.25, 0.3) is 0 Å². The maximum absolute atomic E-state index is 2.33. The number of rotatable bonds is 14. The second-order valence-electron chi connectivity index (χ2n) is 6.85. The molecule has 0 fully saturated rings. The molecule has 0 saturated heterocycles. The van der Waals surface area contributed by atoms with Crippen molar-refractivity contribution in [1.82, 2.24) is 0 Å². The zero-order chi connectivity index (χ0) is 15.9. The van der Waals surface area contributed by atoms with E-state index >= 15 is 0 Å². The highest BCUT2D eigenvalue weighted by Crippen LogP contribution is 2.14. The highest BCUT2D eigenvalue weighted by molar-refractivity contribution is 4.83. The summed E-state index contributed by atoms with van der Waals surface area (Å²) in [7, 11) is 0. The normalized spacial score (nSPS) is 11.9. The second kappa shape index (κ2) is 16.5. The van der Waals surface area contributed by atoms with Crippen molar-refractivity contribution in [2.75, 3.05) is 0 Å². The fraction of sp³-hybridized carbons (Fsp3) is 0.762. The summed E-state index contributed by atoms with van der Waals surface area (Å²) in [6, 6.07) is 6.98. The summed E-state index contributed by atoms with van der Waals surface area (Å²) in [4.78, 5) is 0. The second-order valence-corrected chi connectivity index (χ2v) is 6.85. The van der Waals surface area contributed by atoms with E-state index in [0.29, 0.717) is 6.04 Å². The molecule has 1 rings (SSSR count). The fourth-order valence-corrected chi connectivity index (χ4v) is 3.14. The van der Waals surface area contributed by atoms with Crippen LogP contribution in [0.2, 0.25) is 0 Å². The lowest BCUT2D eigenvalue weighted by Gasteiger charge is -2.07. The van der Waals surface area contributed by atoms with Crippen molar-refractivity contribution < 1.29 is 21.5 Å². The summed E-state index contributed by atoms with van der Waals surface area (Å²) < 4.78 is 2.33. The van der Waals surface area contributed by atoms with Crippen LogP contribution in [0.25, 0.3) is 0 Å². The average Bonchev–Trinajstić information content (AvgIpc) is 2.56.